The zero-order chi connectivity index (χ0) is 14.7. The molecule has 2 heterocycles. The quantitative estimate of drug-likeness (QED) is 0.884. The Kier molecular flexibility index (Phi) is 4.42. The Balaban J connectivity index is 2.05. The van der Waals surface area contributed by atoms with Gasteiger partial charge in [-0.3, -0.25) is 9.36 Å². The number of nitrogens with one attached hydrogen (secondary N) is 1. The molecule has 110 valence electrons. The van der Waals surface area contributed by atoms with E-state index in [9.17, 15) is 4.39 Å². The number of hydrogen-bond acceptors (Lipinski definition) is 3. The number of halogens is 1. The summed E-state index contributed by atoms with van der Waals surface area (Å²) in [7, 11) is 0. The molecule has 0 aliphatic heterocycles. The highest BCUT2D eigenvalue weighted by Gasteiger charge is 2.09. The Hall–Kier alpha value is -1.85. The maximum atomic E-state index is 12.3. The molecular formula is C14H22FN5. The molecule has 0 atom stereocenters. The number of rotatable bonds is 6. The monoisotopic (exact) mass is 279 g/mol. The van der Waals surface area contributed by atoms with Gasteiger partial charge in [0.1, 0.15) is 6.67 Å². The van der Waals surface area contributed by atoms with Crippen molar-refractivity contribution >= 4 is 5.82 Å². The van der Waals surface area contributed by atoms with Crippen LogP contribution in [-0.2, 0) is 13.1 Å². The first-order chi connectivity index (χ1) is 9.51. The average Bonchev–Trinajstić information content (AvgIpc) is 2.91. The predicted octanol–water partition coefficient (Wildman–Crippen LogP) is 2.86. The number of nitrogens with zero attached hydrogens (tertiary/aromatic N) is 4. The Labute approximate surface area is 118 Å². The van der Waals surface area contributed by atoms with Crippen LogP contribution in [0.1, 0.15) is 36.7 Å². The lowest BCUT2D eigenvalue weighted by molar-refractivity contribution is 0.427. The molecule has 5 nitrogen and oxygen atoms in total. The molecule has 6 heteroatoms. The summed E-state index contributed by atoms with van der Waals surface area (Å²) < 4.78 is 15.9. The normalized spacial score (nSPS) is 11.3. The minimum atomic E-state index is -0.402. The SMILES string of the molecule is Cc1cn(CCF)nc1NCc1cn(C(C)C)nc1C. The van der Waals surface area contributed by atoms with Crippen molar-refractivity contribution in [2.75, 3.05) is 12.0 Å². The molecule has 0 aliphatic carbocycles. The van der Waals surface area contributed by atoms with Crippen LogP contribution < -0.4 is 5.32 Å². The van der Waals surface area contributed by atoms with E-state index in [1.165, 1.54) is 0 Å². The molecular weight excluding hydrogens is 257 g/mol. The van der Waals surface area contributed by atoms with Crippen molar-refractivity contribution in [3.63, 3.8) is 0 Å². The molecule has 0 fully saturated rings. The predicted molar refractivity (Wildman–Crippen MR) is 77.6 cm³/mol. The number of alkyl halides is 1. The van der Waals surface area contributed by atoms with E-state index in [1.54, 1.807) is 4.68 Å². The summed E-state index contributed by atoms with van der Waals surface area (Å²) in [5.74, 6) is 0.801. The summed E-state index contributed by atoms with van der Waals surface area (Å²) in [6.07, 6.45) is 3.91. The number of aromatic nitrogens is 4. The van der Waals surface area contributed by atoms with Gasteiger partial charge in [-0.25, -0.2) is 4.39 Å². The molecule has 0 amide bonds. The molecule has 0 saturated carbocycles. The molecule has 0 aromatic carbocycles. The van der Waals surface area contributed by atoms with Crippen molar-refractivity contribution in [2.24, 2.45) is 0 Å². The summed E-state index contributed by atoms with van der Waals surface area (Å²) in [6.45, 7) is 8.75. The number of hydrogen-bond donors (Lipinski definition) is 1. The fourth-order valence-electron chi connectivity index (χ4n) is 2.03. The molecule has 0 unspecified atom stereocenters. The minimum absolute atomic E-state index is 0.298. The van der Waals surface area contributed by atoms with Crippen LogP contribution in [0.4, 0.5) is 10.2 Å². The van der Waals surface area contributed by atoms with E-state index in [2.05, 4.69) is 35.6 Å². The van der Waals surface area contributed by atoms with Gasteiger partial charge in [0.2, 0.25) is 0 Å². The first-order valence-electron chi connectivity index (χ1n) is 6.89. The minimum Gasteiger partial charge on any atom is -0.364 e. The van der Waals surface area contributed by atoms with Crippen molar-refractivity contribution in [1.82, 2.24) is 19.6 Å². The van der Waals surface area contributed by atoms with Crippen molar-refractivity contribution in [3.05, 3.63) is 29.2 Å². The smallest absolute Gasteiger partial charge is 0.151 e. The maximum absolute atomic E-state index is 12.3. The molecule has 0 saturated heterocycles. The van der Waals surface area contributed by atoms with Gasteiger partial charge in [0, 0.05) is 36.1 Å². The van der Waals surface area contributed by atoms with E-state index in [-0.39, 0.29) is 0 Å². The third-order valence-electron chi connectivity index (χ3n) is 3.25. The lowest BCUT2D eigenvalue weighted by Crippen LogP contribution is -2.04. The summed E-state index contributed by atoms with van der Waals surface area (Å²) in [5, 5.41) is 12.1. The Morgan fingerprint density at radius 3 is 2.60 bits per heavy atom. The van der Waals surface area contributed by atoms with Crippen LogP contribution in [0.2, 0.25) is 0 Å². The highest BCUT2D eigenvalue weighted by atomic mass is 19.1. The van der Waals surface area contributed by atoms with E-state index >= 15 is 0 Å². The van der Waals surface area contributed by atoms with Crippen LogP contribution >= 0.6 is 0 Å². The van der Waals surface area contributed by atoms with Gasteiger partial charge in [0.15, 0.2) is 5.82 Å². The lowest BCUT2D eigenvalue weighted by atomic mass is 10.2. The fraction of sp³-hybridized carbons (Fsp3) is 0.571. The second-order valence-electron chi connectivity index (χ2n) is 5.28. The second-order valence-corrected chi connectivity index (χ2v) is 5.28. The van der Waals surface area contributed by atoms with Crippen molar-refractivity contribution in [3.8, 4) is 0 Å². The van der Waals surface area contributed by atoms with Gasteiger partial charge in [0.05, 0.1) is 12.2 Å². The van der Waals surface area contributed by atoms with Crippen LogP contribution in [0.25, 0.3) is 0 Å². The number of aryl methyl sites for hydroxylation is 3. The molecule has 20 heavy (non-hydrogen) atoms. The molecule has 1 N–H and O–H groups in total. The summed E-state index contributed by atoms with van der Waals surface area (Å²) in [6, 6.07) is 0.355. The van der Waals surface area contributed by atoms with Crippen LogP contribution in [0, 0.1) is 13.8 Å². The molecule has 0 aliphatic rings. The van der Waals surface area contributed by atoms with E-state index < -0.39 is 6.67 Å². The van der Waals surface area contributed by atoms with Crippen LogP contribution in [0.15, 0.2) is 12.4 Å². The van der Waals surface area contributed by atoms with Crippen LogP contribution in [0.5, 0.6) is 0 Å². The van der Waals surface area contributed by atoms with E-state index in [0.717, 1.165) is 22.6 Å². The largest absolute Gasteiger partial charge is 0.364 e. The van der Waals surface area contributed by atoms with E-state index in [0.29, 0.717) is 19.1 Å². The van der Waals surface area contributed by atoms with Gasteiger partial charge < -0.3 is 5.32 Å². The average molecular weight is 279 g/mol. The van der Waals surface area contributed by atoms with Crippen molar-refractivity contribution in [1.29, 1.82) is 0 Å². The van der Waals surface area contributed by atoms with Gasteiger partial charge in [-0.2, -0.15) is 10.2 Å². The molecule has 2 aromatic rings. The zero-order valence-corrected chi connectivity index (χ0v) is 12.5. The third kappa shape index (κ3) is 3.18. The lowest BCUT2D eigenvalue weighted by Gasteiger charge is -2.04. The summed E-state index contributed by atoms with van der Waals surface area (Å²) in [4.78, 5) is 0. The second kappa shape index (κ2) is 6.07. The van der Waals surface area contributed by atoms with Gasteiger partial charge in [0.25, 0.3) is 0 Å². The van der Waals surface area contributed by atoms with E-state index in [1.807, 2.05) is 24.7 Å². The fourth-order valence-corrected chi connectivity index (χ4v) is 2.03. The molecule has 0 radical (unpaired) electrons. The standard InChI is InChI=1S/C14H22FN5/c1-10(2)20-9-13(12(4)17-20)7-16-14-11(3)8-19(18-14)6-5-15/h8-10H,5-7H2,1-4H3,(H,16,18). The van der Waals surface area contributed by atoms with E-state index in [4.69, 9.17) is 0 Å². The molecule has 2 rings (SSSR count). The highest BCUT2D eigenvalue weighted by Crippen LogP contribution is 2.15. The molecule has 2 aromatic heterocycles. The van der Waals surface area contributed by atoms with Crippen molar-refractivity contribution < 1.29 is 4.39 Å². The summed E-state index contributed by atoms with van der Waals surface area (Å²) in [5.41, 5.74) is 3.19. The number of anilines is 1. The Morgan fingerprint density at radius 2 is 2.00 bits per heavy atom. The van der Waals surface area contributed by atoms with Crippen molar-refractivity contribution in [2.45, 2.75) is 46.8 Å². The first kappa shape index (κ1) is 14.6. The van der Waals surface area contributed by atoms with Gasteiger partial charge >= 0.3 is 0 Å². The Bertz CT molecular complexity index is 570. The van der Waals surface area contributed by atoms with Gasteiger partial charge in [-0.15, -0.1) is 0 Å². The van der Waals surface area contributed by atoms with Crippen LogP contribution in [-0.4, -0.2) is 26.2 Å². The topological polar surface area (TPSA) is 47.7 Å². The Morgan fingerprint density at radius 1 is 1.25 bits per heavy atom. The molecule has 0 spiro atoms. The van der Waals surface area contributed by atoms with Crippen LogP contribution in [0.3, 0.4) is 0 Å². The van der Waals surface area contributed by atoms with Gasteiger partial charge in [-0.05, 0) is 27.7 Å². The third-order valence-corrected chi connectivity index (χ3v) is 3.25. The zero-order valence-electron chi connectivity index (χ0n) is 12.5. The van der Waals surface area contributed by atoms with Gasteiger partial charge in [-0.1, -0.05) is 0 Å². The maximum Gasteiger partial charge on any atom is 0.151 e. The summed E-state index contributed by atoms with van der Waals surface area (Å²) >= 11 is 0. The first-order valence-corrected chi connectivity index (χ1v) is 6.89. The molecule has 0 bridgehead atoms. The highest BCUT2D eigenvalue weighted by molar-refractivity contribution is 5.42.